The number of carbonyl (C=O) groups excluding carboxylic acids is 1. The number of amides is 1. The van der Waals surface area contributed by atoms with Crippen molar-refractivity contribution in [2.75, 3.05) is 29.6 Å². The summed E-state index contributed by atoms with van der Waals surface area (Å²) in [6.07, 6.45) is -0.745. The highest BCUT2D eigenvalue weighted by Crippen LogP contribution is 2.40. The fourth-order valence-corrected chi connectivity index (χ4v) is 5.92. The molecule has 5 rings (SSSR count). The van der Waals surface area contributed by atoms with Crippen LogP contribution < -0.4 is 10.4 Å². The molecule has 3 aliphatic heterocycles. The number of anilines is 1. The Morgan fingerprint density at radius 1 is 1.06 bits per heavy atom. The minimum atomic E-state index is -3.17. The number of benzene rings is 2. The highest BCUT2D eigenvalue weighted by molar-refractivity contribution is 7.91. The van der Waals surface area contributed by atoms with E-state index in [9.17, 15) is 22.0 Å². The molecular formula is C22H19Cl2F2N5O3S. The SMILES string of the molecule is C[C@@H]1N=C(c2c(F)cccc2F)c2c(ccc(Cl)c2Cl)N2NC(C(=O)N3CCS(=O)(=O)CC3)=NC12. The van der Waals surface area contributed by atoms with Gasteiger partial charge in [0.1, 0.15) is 11.6 Å². The Morgan fingerprint density at radius 2 is 1.71 bits per heavy atom. The van der Waals surface area contributed by atoms with E-state index in [0.717, 1.165) is 12.1 Å². The second-order valence-corrected chi connectivity index (χ2v) is 11.5. The quantitative estimate of drug-likeness (QED) is 0.630. The number of rotatable bonds is 2. The van der Waals surface area contributed by atoms with Crippen molar-refractivity contribution in [1.29, 1.82) is 0 Å². The van der Waals surface area contributed by atoms with E-state index in [2.05, 4.69) is 15.4 Å². The van der Waals surface area contributed by atoms with Gasteiger partial charge < -0.3 is 4.90 Å². The molecule has 3 aliphatic rings. The van der Waals surface area contributed by atoms with Crippen molar-refractivity contribution in [2.24, 2.45) is 9.98 Å². The van der Waals surface area contributed by atoms with Gasteiger partial charge in [0.2, 0.25) is 5.84 Å². The number of amidine groups is 1. The summed E-state index contributed by atoms with van der Waals surface area (Å²) in [6.45, 7) is 1.83. The highest BCUT2D eigenvalue weighted by Gasteiger charge is 2.41. The maximum atomic E-state index is 14.8. The summed E-state index contributed by atoms with van der Waals surface area (Å²) in [7, 11) is -3.17. The molecule has 1 N–H and O–H groups in total. The molecule has 2 aromatic carbocycles. The van der Waals surface area contributed by atoms with E-state index >= 15 is 0 Å². The van der Waals surface area contributed by atoms with Crippen LogP contribution in [0.1, 0.15) is 18.1 Å². The van der Waals surface area contributed by atoms with Crippen molar-refractivity contribution in [2.45, 2.75) is 19.1 Å². The van der Waals surface area contributed by atoms with Crippen LogP contribution in [0, 0.1) is 11.6 Å². The molecule has 2 atom stereocenters. The Morgan fingerprint density at radius 3 is 2.37 bits per heavy atom. The standard InChI is InChI=1S/C22H19Cl2F2N5O3S/c1-11-21-28-20(22(32)30-7-9-35(33,34)10-8-30)29-31(21)15-6-5-12(23)18(24)17(15)19(27-11)16-13(25)3-2-4-14(16)26/h2-6,11,21H,7-10H2,1H3,(H,28,29)/t11-,21?/m0/s1. The van der Waals surface area contributed by atoms with Crippen molar-refractivity contribution >= 4 is 56.2 Å². The molecule has 1 fully saturated rings. The molecule has 2 aromatic rings. The molecule has 1 unspecified atom stereocenters. The van der Waals surface area contributed by atoms with Crippen LogP contribution in [0.5, 0.6) is 0 Å². The van der Waals surface area contributed by atoms with Gasteiger partial charge in [0.25, 0.3) is 5.91 Å². The van der Waals surface area contributed by atoms with E-state index < -0.39 is 39.6 Å². The number of aliphatic imine (C=N–C) groups is 2. The average molecular weight is 542 g/mol. The van der Waals surface area contributed by atoms with Crippen LogP contribution in [-0.2, 0) is 14.6 Å². The van der Waals surface area contributed by atoms with Gasteiger partial charge in [-0.1, -0.05) is 29.3 Å². The first-order valence-electron chi connectivity index (χ1n) is 10.7. The number of halogens is 4. The number of hydrazine groups is 1. The Bertz CT molecular complexity index is 1380. The predicted octanol–water partition coefficient (Wildman–Crippen LogP) is 2.82. The molecule has 35 heavy (non-hydrogen) atoms. The molecule has 13 heteroatoms. The van der Waals surface area contributed by atoms with Gasteiger partial charge in [0, 0.05) is 18.7 Å². The van der Waals surface area contributed by atoms with Crippen LogP contribution >= 0.6 is 23.2 Å². The number of nitrogens with zero attached hydrogens (tertiary/aromatic N) is 4. The predicted molar refractivity (Wildman–Crippen MR) is 130 cm³/mol. The lowest BCUT2D eigenvalue weighted by Crippen LogP contribution is -2.51. The van der Waals surface area contributed by atoms with Crippen molar-refractivity contribution < 1.29 is 22.0 Å². The number of hydrogen-bond acceptors (Lipinski definition) is 7. The lowest BCUT2D eigenvalue weighted by atomic mass is 9.99. The summed E-state index contributed by atoms with van der Waals surface area (Å²) < 4.78 is 53.1. The van der Waals surface area contributed by atoms with Gasteiger partial charge >= 0.3 is 0 Å². The van der Waals surface area contributed by atoms with E-state index in [1.807, 2.05) is 0 Å². The Balaban J connectivity index is 1.59. The van der Waals surface area contributed by atoms with Crippen LogP contribution in [0.2, 0.25) is 10.0 Å². The zero-order valence-electron chi connectivity index (χ0n) is 18.3. The second kappa shape index (κ2) is 8.72. The van der Waals surface area contributed by atoms with Gasteiger partial charge in [0.15, 0.2) is 16.0 Å². The zero-order chi connectivity index (χ0) is 25.1. The first kappa shape index (κ1) is 24.0. The molecule has 1 saturated heterocycles. The van der Waals surface area contributed by atoms with Crippen LogP contribution in [0.15, 0.2) is 40.3 Å². The number of fused-ring (bicyclic) bond motifs is 3. The third kappa shape index (κ3) is 4.15. The molecule has 184 valence electrons. The fourth-order valence-electron chi connectivity index (χ4n) is 4.31. The molecular weight excluding hydrogens is 523 g/mol. The summed E-state index contributed by atoms with van der Waals surface area (Å²) in [5.41, 5.74) is 3.17. The molecule has 1 amide bonds. The van der Waals surface area contributed by atoms with Crippen LogP contribution in [0.3, 0.4) is 0 Å². The summed E-state index contributed by atoms with van der Waals surface area (Å²) in [6, 6.07) is 5.98. The van der Waals surface area contributed by atoms with Gasteiger partial charge in [0.05, 0.1) is 44.6 Å². The second-order valence-electron chi connectivity index (χ2n) is 8.39. The van der Waals surface area contributed by atoms with Gasteiger partial charge in [-0.25, -0.2) is 22.2 Å². The van der Waals surface area contributed by atoms with Crippen LogP contribution in [0.25, 0.3) is 0 Å². The molecule has 0 aliphatic carbocycles. The van der Waals surface area contributed by atoms with E-state index in [-0.39, 0.29) is 57.3 Å². The largest absolute Gasteiger partial charge is 0.334 e. The number of nitrogens with one attached hydrogen (secondary N) is 1. The summed E-state index contributed by atoms with van der Waals surface area (Å²) in [5, 5.41) is 1.76. The minimum absolute atomic E-state index is 0.00823. The van der Waals surface area contributed by atoms with E-state index in [4.69, 9.17) is 23.2 Å². The van der Waals surface area contributed by atoms with Crippen molar-refractivity contribution in [3.05, 3.63) is 63.1 Å². The van der Waals surface area contributed by atoms with Gasteiger partial charge in [-0.05, 0) is 31.2 Å². The topological polar surface area (TPSA) is 94.4 Å². The van der Waals surface area contributed by atoms with Gasteiger partial charge in [-0.15, -0.1) is 0 Å². The van der Waals surface area contributed by atoms with E-state index in [0.29, 0.717) is 5.69 Å². The lowest BCUT2D eigenvalue weighted by Gasteiger charge is -2.29. The van der Waals surface area contributed by atoms with E-state index in [1.54, 1.807) is 18.0 Å². The molecule has 0 radical (unpaired) electrons. The molecule has 8 nitrogen and oxygen atoms in total. The summed E-state index contributed by atoms with van der Waals surface area (Å²) >= 11 is 12.8. The lowest BCUT2D eigenvalue weighted by molar-refractivity contribution is -0.124. The van der Waals surface area contributed by atoms with Gasteiger partial charge in [-0.2, -0.15) is 0 Å². The first-order valence-corrected chi connectivity index (χ1v) is 13.3. The summed E-state index contributed by atoms with van der Waals surface area (Å²) in [4.78, 5) is 23.6. The smallest absolute Gasteiger partial charge is 0.290 e. The first-order chi connectivity index (χ1) is 16.6. The van der Waals surface area contributed by atoms with E-state index in [1.165, 1.54) is 17.0 Å². The van der Waals surface area contributed by atoms with Crippen molar-refractivity contribution in [1.82, 2.24) is 10.3 Å². The van der Waals surface area contributed by atoms with Gasteiger partial charge in [-0.3, -0.25) is 20.2 Å². The highest BCUT2D eigenvalue weighted by atomic mass is 35.5. The minimum Gasteiger partial charge on any atom is -0.334 e. The Labute approximate surface area is 210 Å². The summed E-state index contributed by atoms with van der Waals surface area (Å²) in [5.74, 6) is -2.30. The normalized spacial score (nSPS) is 23.0. The van der Waals surface area contributed by atoms with Crippen LogP contribution in [-0.4, -0.2) is 67.6 Å². The van der Waals surface area contributed by atoms with Crippen molar-refractivity contribution in [3.63, 3.8) is 0 Å². The molecule has 0 aromatic heterocycles. The number of hydrogen-bond donors (Lipinski definition) is 1. The maximum absolute atomic E-state index is 14.8. The molecule has 0 saturated carbocycles. The number of carbonyl (C=O) groups is 1. The third-order valence-corrected chi connectivity index (χ3v) is 8.53. The number of sulfone groups is 1. The Kier molecular flexibility index (Phi) is 5.97. The van der Waals surface area contributed by atoms with Crippen LogP contribution in [0.4, 0.5) is 14.5 Å². The Hall–Kier alpha value is -2.76. The zero-order valence-corrected chi connectivity index (χ0v) is 20.6. The monoisotopic (exact) mass is 541 g/mol. The fraction of sp³-hybridized carbons (Fsp3) is 0.318. The van der Waals surface area contributed by atoms with Crippen molar-refractivity contribution in [3.8, 4) is 0 Å². The molecule has 0 bridgehead atoms. The average Bonchev–Trinajstić information content (AvgIpc) is 3.21. The maximum Gasteiger partial charge on any atom is 0.290 e. The third-order valence-electron chi connectivity index (χ3n) is 6.12. The molecule has 0 spiro atoms. The molecule has 3 heterocycles.